The summed E-state index contributed by atoms with van der Waals surface area (Å²) < 4.78 is 11.6. The Labute approximate surface area is 274 Å². The molecule has 2 aromatic heterocycles. The van der Waals surface area contributed by atoms with Crippen LogP contribution in [0.4, 0.5) is 34.1 Å². The first-order valence-corrected chi connectivity index (χ1v) is 15.0. The number of aromatic nitrogens is 2. The fraction of sp³-hybridized carbons (Fsp3) is 0.118. The van der Waals surface area contributed by atoms with Crippen molar-refractivity contribution in [1.82, 2.24) is 9.97 Å². The molecular weight excluding hydrogens is 612 g/mol. The first-order chi connectivity index (χ1) is 23.5. The van der Waals surface area contributed by atoms with Gasteiger partial charge in [-0.2, -0.15) is 10.2 Å². The number of rotatable bonds is 12. The van der Waals surface area contributed by atoms with E-state index in [0.717, 1.165) is 0 Å². The predicted molar refractivity (Wildman–Crippen MR) is 182 cm³/mol. The van der Waals surface area contributed by atoms with Gasteiger partial charge in [0.05, 0.1) is 36.0 Å². The number of ether oxygens (including phenoxy) is 2. The second kappa shape index (κ2) is 14.6. The number of benzene rings is 4. The van der Waals surface area contributed by atoms with E-state index < -0.39 is 0 Å². The summed E-state index contributed by atoms with van der Waals surface area (Å²) in [6.07, 6.45) is 3.22. The van der Waals surface area contributed by atoms with Crippen LogP contribution in [0.15, 0.2) is 128 Å². The van der Waals surface area contributed by atoms with Gasteiger partial charge in [-0.3, -0.25) is 20.8 Å². The Hall–Kier alpha value is -6.70. The molecule has 14 nitrogen and oxygen atoms in total. The minimum Gasteiger partial charge on any atom is -0.506 e. The molecule has 0 radical (unpaired) electrons. The van der Waals surface area contributed by atoms with Crippen LogP contribution in [0.5, 0.6) is 23.0 Å². The predicted octanol–water partition coefficient (Wildman–Crippen LogP) is 9.63. The second-order valence-electron chi connectivity index (χ2n) is 10.1. The number of anilines is 2. The normalized spacial score (nSPS) is 11.6. The molecule has 0 aliphatic heterocycles. The molecule has 240 valence electrons. The third-order valence-corrected chi connectivity index (χ3v) is 6.92. The number of phenols is 2. The Balaban J connectivity index is 1.16. The molecule has 2 heterocycles. The number of hydrogen-bond donors (Lipinski definition) is 4. The average Bonchev–Trinajstić information content (AvgIpc) is 3.11. The van der Waals surface area contributed by atoms with Crippen molar-refractivity contribution >= 4 is 55.9 Å². The van der Waals surface area contributed by atoms with Crippen LogP contribution >= 0.6 is 0 Å². The summed E-state index contributed by atoms with van der Waals surface area (Å²) in [4.78, 5) is 8.44. The summed E-state index contributed by atoms with van der Waals surface area (Å²) in [5.74, 6) is 1.12. The number of hydrogen-bond acceptors (Lipinski definition) is 12. The highest BCUT2D eigenvalue weighted by atomic mass is 16.5. The Morgan fingerprint density at radius 3 is 1.48 bits per heavy atom. The SMILES string of the molecule is CCOc1cc(N=Nc2ccc(N=NNc3ccc(O)c4ncccc34)c(OCC)c2)ccc1N=NNc1ccc(O)c2ncccc12. The molecule has 0 bridgehead atoms. The summed E-state index contributed by atoms with van der Waals surface area (Å²) in [5, 5.41) is 47.2. The highest BCUT2D eigenvalue weighted by molar-refractivity contribution is 5.95. The van der Waals surface area contributed by atoms with Crippen LogP contribution in [0.2, 0.25) is 0 Å². The van der Waals surface area contributed by atoms with Gasteiger partial charge in [-0.15, -0.1) is 10.2 Å². The molecule has 0 aliphatic rings. The Morgan fingerprint density at radius 1 is 0.583 bits per heavy atom. The van der Waals surface area contributed by atoms with Crippen molar-refractivity contribution in [2.75, 3.05) is 24.1 Å². The molecule has 0 aliphatic carbocycles. The third-order valence-electron chi connectivity index (χ3n) is 6.92. The number of pyridine rings is 2. The third kappa shape index (κ3) is 7.07. The summed E-state index contributed by atoms with van der Waals surface area (Å²) in [7, 11) is 0. The maximum Gasteiger partial charge on any atom is 0.149 e. The standard InChI is InChI=1S/C34H30N10O4/c1-3-47-31-19-21(9-11-27(31)41-43-39-25-13-15-29(45)33-23(25)7-5-17-35-33)37-38-22-10-12-28(32(20-22)48-4-2)42-44-40-26-14-16-30(46)34-24(26)8-6-18-36-34/h5-20,45-46H,3-4H2,1-2H3,(H,39,41)(H,40,42). The van der Waals surface area contributed by atoms with Crippen LogP contribution in [0.25, 0.3) is 21.8 Å². The summed E-state index contributed by atoms with van der Waals surface area (Å²) in [6.45, 7) is 4.56. The minimum atomic E-state index is 0.0818. The van der Waals surface area contributed by atoms with Gasteiger partial charge in [0.2, 0.25) is 0 Å². The average molecular weight is 643 g/mol. The van der Waals surface area contributed by atoms with Crippen LogP contribution < -0.4 is 20.3 Å². The smallest absolute Gasteiger partial charge is 0.149 e. The van der Waals surface area contributed by atoms with Gasteiger partial charge >= 0.3 is 0 Å². The molecule has 0 amide bonds. The Bertz CT molecular complexity index is 2020. The Morgan fingerprint density at radius 2 is 1.04 bits per heavy atom. The van der Waals surface area contributed by atoms with E-state index >= 15 is 0 Å². The number of phenolic OH excluding ortho intramolecular Hbond substituents is 2. The van der Waals surface area contributed by atoms with Crippen LogP contribution in [-0.2, 0) is 0 Å². The fourth-order valence-electron chi connectivity index (χ4n) is 4.73. The first-order valence-electron chi connectivity index (χ1n) is 15.0. The molecule has 0 unspecified atom stereocenters. The number of aromatic hydroxyl groups is 2. The van der Waals surface area contributed by atoms with Crippen molar-refractivity contribution < 1.29 is 19.7 Å². The van der Waals surface area contributed by atoms with Gasteiger partial charge in [0.1, 0.15) is 45.4 Å². The quantitative estimate of drug-likeness (QED) is 0.0577. The van der Waals surface area contributed by atoms with Crippen LogP contribution in [0, 0.1) is 0 Å². The molecule has 0 saturated heterocycles. The number of nitrogens with zero attached hydrogens (tertiary/aromatic N) is 8. The van der Waals surface area contributed by atoms with Crippen molar-refractivity contribution in [3.63, 3.8) is 0 Å². The van der Waals surface area contributed by atoms with E-state index in [4.69, 9.17) is 9.47 Å². The number of nitrogens with one attached hydrogen (secondary N) is 2. The molecular formula is C34H30N10O4. The second-order valence-corrected chi connectivity index (χ2v) is 10.1. The highest BCUT2D eigenvalue weighted by Gasteiger charge is 2.09. The largest absolute Gasteiger partial charge is 0.506 e. The van der Waals surface area contributed by atoms with Crippen LogP contribution in [0.3, 0.4) is 0 Å². The molecule has 6 aromatic rings. The number of fused-ring (bicyclic) bond motifs is 2. The van der Waals surface area contributed by atoms with Gasteiger partial charge in [0.25, 0.3) is 0 Å². The zero-order valence-electron chi connectivity index (χ0n) is 25.9. The van der Waals surface area contributed by atoms with Crippen LogP contribution in [0.1, 0.15) is 13.8 Å². The molecule has 0 atom stereocenters. The van der Waals surface area contributed by atoms with Crippen molar-refractivity contribution in [3.05, 3.63) is 97.3 Å². The molecule has 0 saturated carbocycles. The monoisotopic (exact) mass is 642 g/mol. The van der Waals surface area contributed by atoms with E-state index in [2.05, 4.69) is 51.7 Å². The molecule has 48 heavy (non-hydrogen) atoms. The van der Waals surface area contributed by atoms with E-state index in [9.17, 15) is 10.2 Å². The first kappa shape index (κ1) is 31.3. The molecule has 6 rings (SSSR count). The maximum atomic E-state index is 10.1. The van der Waals surface area contributed by atoms with Crippen molar-refractivity contribution in [2.24, 2.45) is 30.9 Å². The van der Waals surface area contributed by atoms with Gasteiger partial charge in [0.15, 0.2) is 0 Å². The van der Waals surface area contributed by atoms with Gasteiger partial charge in [-0.25, -0.2) is 0 Å². The van der Waals surface area contributed by atoms with Crippen LogP contribution in [-0.4, -0.2) is 33.4 Å². The summed E-state index contributed by atoms with van der Waals surface area (Å²) >= 11 is 0. The van der Waals surface area contributed by atoms with Gasteiger partial charge in [-0.1, -0.05) is 10.4 Å². The van der Waals surface area contributed by atoms with E-state index in [1.54, 1.807) is 85.2 Å². The van der Waals surface area contributed by atoms with Gasteiger partial charge in [0, 0.05) is 35.3 Å². The highest BCUT2D eigenvalue weighted by Crippen LogP contribution is 2.36. The minimum absolute atomic E-state index is 0.0818. The number of azo groups is 1. The maximum absolute atomic E-state index is 10.1. The van der Waals surface area contributed by atoms with Crippen molar-refractivity contribution in [2.45, 2.75) is 13.8 Å². The van der Waals surface area contributed by atoms with Crippen molar-refractivity contribution in [3.8, 4) is 23.0 Å². The van der Waals surface area contributed by atoms with E-state index in [-0.39, 0.29) is 11.5 Å². The molecule has 4 N–H and O–H groups in total. The van der Waals surface area contributed by atoms with E-state index in [0.29, 0.717) is 80.6 Å². The molecule has 0 fully saturated rings. The Kier molecular flexibility index (Phi) is 9.52. The van der Waals surface area contributed by atoms with E-state index in [1.165, 1.54) is 0 Å². The van der Waals surface area contributed by atoms with Crippen molar-refractivity contribution in [1.29, 1.82) is 0 Å². The summed E-state index contributed by atoms with van der Waals surface area (Å²) in [6, 6.07) is 24.1. The zero-order chi connectivity index (χ0) is 33.3. The van der Waals surface area contributed by atoms with E-state index in [1.807, 2.05) is 26.0 Å². The molecule has 0 spiro atoms. The van der Waals surface area contributed by atoms with Gasteiger partial charge in [-0.05, 0) is 86.6 Å². The molecule has 4 aromatic carbocycles. The lowest BCUT2D eigenvalue weighted by Crippen LogP contribution is -1.92. The zero-order valence-corrected chi connectivity index (χ0v) is 25.9. The lowest BCUT2D eigenvalue weighted by atomic mass is 10.2. The lowest BCUT2D eigenvalue weighted by Gasteiger charge is -2.08. The molecule has 14 heteroatoms. The lowest BCUT2D eigenvalue weighted by molar-refractivity contribution is 0.341. The van der Waals surface area contributed by atoms with Gasteiger partial charge < -0.3 is 19.7 Å². The fourth-order valence-corrected chi connectivity index (χ4v) is 4.73. The topological polar surface area (TPSA) is 183 Å². The summed E-state index contributed by atoms with van der Waals surface area (Å²) in [5.41, 5.74) is 10.1.